The van der Waals surface area contributed by atoms with Crippen LogP contribution in [-0.2, 0) is 11.3 Å². The number of aliphatic imine (C=N–C) groups is 1. The maximum absolute atomic E-state index is 11.3. The lowest BCUT2D eigenvalue weighted by atomic mass is 10.2. The fourth-order valence-electron chi connectivity index (χ4n) is 1.72. The minimum absolute atomic E-state index is 0.0618. The largest absolute Gasteiger partial charge is 0.463 e. The smallest absolute Gasteiger partial charge is 0.437 e. The van der Waals surface area contributed by atoms with Crippen LogP contribution in [0.15, 0.2) is 35.5 Å². The highest BCUT2D eigenvalue weighted by atomic mass is 16.5. The first-order valence-corrected chi connectivity index (χ1v) is 7.27. The van der Waals surface area contributed by atoms with Crippen LogP contribution in [0.5, 0.6) is 6.01 Å². The van der Waals surface area contributed by atoms with Crippen molar-refractivity contribution in [2.75, 3.05) is 6.61 Å². The average molecular weight is 330 g/mol. The number of hydrogen-bond donors (Lipinski definition) is 2. The van der Waals surface area contributed by atoms with Crippen molar-refractivity contribution in [1.29, 1.82) is 0 Å². The molecule has 0 fully saturated rings. The molecule has 0 aliphatic heterocycles. The zero-order chi connectivity index (χ0) is 17.4. The number of amides is 1. The number of carbonyl (C=O) groups excluding carboxylic acids is 1. The molecule has 126 valence electrons. The van der Waals surface area contributed by atoms with E-state index in [1.807, 2.05) is 6.92 Å². The maximum atomic E-state index is 11.3. The van der Waals surface area contributed by atoms with E-state index in [0.717, 1.165) is 6.42 Å². The van der Waals surface area contributed by atoms with Crippen molar-refractivity contribution in [2.45, 2.75) is 20.0 Å². The molecule has 9 heteroatoms. The summed E-state index contributed by atoms with van der Waals surface area (Å²) in [6.07, 6.45) is 1.59. The summed E-state index contributed by atoms with van der Waals surface area (Å²) in [6.45, 7) is 2.48. The summed E-state index contributed by atoms with van der Waals surface area (Å²) in [4.78, 5) is 27.3. The minimum atomic E-state index is -0.875. The molecule has 0 saturated heterocycles. The topological polar surface area (TPSA) is 139 Å². The van der Waals surface area contributed by atoms with Crippen LogP contribution >= 0.6 is 0 Å². The molecule has 0 radical (unpaired) electrons. The van der Waals surface area contributed by atoms with E-state index in [0.29, 0.717) is 29.7 Å². The Hall–Kier alpha value is -3.23. The van der Waals surface area contributed by atoms with E-state index in [1.54, 1.807) is 30.5 Å². The van der Waals surface area contributed by atoms with Gasteiger partial charge >= 0.3 is 12.1 Å². The number of hydrogen-bond acceptors (Lipinski definition) is 6. The second-order valence-corrected chi connectivity index (χ2v) is 4.68. The lowest BCUT2D eigenvalue weighted by molar-refractivity contribution is 0.149. The maximum Gasteiger partial charge on any atom is 0.437 e. The molecule has 0 unspecified atom stereocenters. The van der Waals surface area contributed by atoms with Gasteiger partial charge in [-0.2, -0.15) is 4.98 Å². The molecule has 2 aromatic rings. The number of carbonyl (C=O) groups is 1. The van der Waals surface area contributed by atoms with Gasteiger partial charge in [0.25, 0.3) is 0 Å². The van der Waals surface area contributed by atoms with Crippen LogP contribution < -0.4 is 16.2 Å². The fourth-order valence-corrected chi connectivity index (χ4v) is 1.72. The van der Waals surface area contributed by atoms with Gasteiger partial charge in [-0.1, -0.05) is 13.0 Å². The number of rotatable bonds is 6. The second kappa shape index (κ2) is 8.42. The molecule has 0 spiro atoms. The Kier molecular flexibility index (Phi) is 6.01. The van der Waals surface area contributed by atoms with E-state index < -0.39 is 6.09 Å². The monoisotopic (exact) mass is 330 g/mol. The Morgan fingerprint density at radius 3 is 2.75 bits per heavy atom. The molecule has 1 amide bonds. The highest BCUT2D eigenvalue weighted by Gasteiger charge is 2.07. The molecule has 2 heterocycles. The van der Waals surface area contributed by atoms with E-state index >= 15 is 0 Å². The van der Waals surface area contributed by atoms with Gasteiger partial charge in [0.2, 0.25) is 0 Å². The predicted octanol–water partition coefficient (Wildman–Crippen LogP) is 1.24. The van der Waals surface area contributed by atoms with Gasteiger partial charge in [0.05, 0.1) is 23.7 Å². The molecule has 2 rings (SSSR count). The summed E-state index contributed by atoms with van der Waals surface area (Å²) in [7, 11) is 0. The van der Waals surface area contributed by atoms with Crippen molar-refractivity contribution < 1.29 is 14.3 Å². The third-order valence-corrected chi connectivity index (χ3v) is 2.70. The first-order valence-electron chi connectivity index (χ1n) is 7.27. The molecule has 9 nitrogen and oxygen atoms in total. The number of aromatic nitrogens is 3. The van der Waals surface area contributed by atoms with Crippen LogP contribution in [0.1, 0.15) is 19.0 Å². The van der Waals surface area contributed by atoms with Crippen molar-refractivity contribution >= 4 is 12.1 Å². The summed E-state index contributed by atoms with van der Waals surface area (Å²) in [5.74, 6) is -0.359. The van der Waals surface area contributed by atoms with Crippen LogP contribution in [-0.4, -0.2) is 33.6 Å². The molecule has 2 aromatic heterocycles. The number of ether oxygens (including phenoxy) is 2. The van der Waals surface area contributed by atoms with Crippen molar-refractivity contribution in [3.63, 3.8) is 0 Å². The summed E-state index contributed by atoms with van der Waals surface area (Å²) in [5, 5.41) is 0. The van der Waals surface area contributed by atoms with Gasteiger partial charge in [0.1, 0.15) is 6.61 Å². The minimum Gasteiger partial charge on any atom is -0.463 e. The second-order valence-electron chi connectivity index (χ2n) is 4.68. The predicted molar refractivity (Wildman–Crippen MR) is 87.0 cm³/mol. The van der Waals surface area contributed by atoms with Crippen molar-refractivity contribution in [1.82, 2.24) is 15.0 Å². The summed E-state index contributed by atoms with van der Waals surface area (Å²) < 4.78 is 10.3. The van der Waals surface area contributed by atoms with E-state index in [9.17, 15) is 4.79 Å². The standard InChI is InChI=1S/C15H18N6O3/c1-2-8-23-14-18-7-6-12(20-14)11-5-3-4-10(19-11)9-24-15(22)21-13(16)17/h3-7H,2,8-9H2,1H3,(H4,16,17,21,22). The third-order valence-electron chi connectivity index (χ3n) is 2.70. The average Bonchev–Trinajstić information content (AvgIpc) is 2.58. The molecule has 0 bridgehead atoms. The number of nitrogens with two attached hydrogens (primary N) is 2. The van der Waals surface area contributed by atoms with Crippen LogP contribution in [0, 0.1) is 0 Å². The van der Waals surface area contributed by atoms with Gasteiger partial charge < -0.3 is 20.9 Å². The van der Waals surface area contributed by atoms with E-state index in [1.165, 1.54) is 0 Å². The van der Waals surface area contributed by atoms with Crippen LogP contribution in [0.3, 0.4) is 0 Å². The molecule has 0 aliphatic rings. The van der Waals surface area contributed by atoms with Gasteiger partial charge in [-0.25, -0.2) is 14.8 Å². The number of guanidine groups is 1. The van der Waals surface area contributed by atoms with E-state index in [4.69, 9.17) is 20.9 Å². The van der Waals surface area contributed by atoms with Crippen molar-refractivity contribution in [3.8, 4) is 17.4 Å². The normalized spacial score (nSPS) is 10.0. The molecule has 0 saturated carbocycles. The summed E-state index contributed by atoms with van der Waals surface area (Å²) in [6, 6.07) is 7.28. The molecule has 0 aliphatic carbocycles. The lowest BCUT2D eigenvalue weighted by Crippen LogP contribution is -2.24. The third kappa shape index (κ3) is 5.20. The Bertz CT molecular complexity index is 731. The summed E-state index contributed by atoms with van der Waals surface area (Å²) in [5.41, 5.74) is 11.9. The molecule has 0 aromatic carbocycles. The Balaban J connectivity index is 2.10. The van der Waals surface area contributed by atoms with Crippen LogP contribution in [0.4, 0.5) is 4.79 Å². The summed E-state index contributed by atoms with van der Waals surface area (Å²) >= 11 is 0. The quantitative estimate of drug-likeness (QED) is 0.595. The highest BCUT2D eigenvalue weighted by Crippen LogP contribution is 2.17. The zero-order valence-corrected chi connectivity index (χ0v) is 13.2. The lowest BCUT2D eigenvalue weighted by Gasteiger charge is -2.06. The molecular formula is C15H18N6O3. The van der Waals surface area contributed by atoms with Gasteiger partial charge in [-0.05, 0) is 24.6 Å². The molecular weight excluding hydrogens is 312 g/mol. The first kappa shape index (κ1) is 17.1. The molecule has 0 atom stereocenters. The molecule has 4 N–H and O–H groups in total. The van der Waals surface area contributed by atoms with Gasteiger partial charge in [-0.15, -0.1) is 4.99 Å². The van der Waals surface area contributed by atoms with Gasteiger partial charge in [-0.3, -0.25) is 0 Å². The zero-order valence-electron chi connectivity index (χ0n) is 13.2. The van der Waals surface area contributed by atoms with E-state index in [2.05, 4.69) is 19.9 Å². The van der Waals surface area contributed by atoms with Crippen LogP contribution in [0.2, 0.25) is 0 Å². The number of pyridine rings is 1. The Morgan fingerprint density at radius 2 is 2.00 bits per heavy atom. The van der Waals surface area contributed by atoms with Gasteiger partial charge in [0.15, 0.2) is 5.96 Å². The van der Waals surface area contributed by atoms with Crippen molar-refractivity contribution in [3.05, 3.63) is 36.2 Å². The Morgan fingerprint density at radius 1 is 1.21 bits per heavy atom. The van der Waals surface area contributed by atoms with Gasteiger partial charge in [0, 0.05) is 6.20 Å². The Labute approximate surface area is 138 Å². The van der Waals surface area contributed by atoms with Crippen LogP contribution in [0.25, 0.3) is 11.4 Å². The van der Waals surface area contributed by atoms with E-state index in [-0.39, 0.29) is 12.6 Å². The first-order chi connectivity index (χ1) is 11.6. The molecule has 24 heavy (non-hydrogen) atoms. The SMILES string of the molecule is CCCOc1nccc(-c2cccc(COC(=O)N=C(N)N)n2)n1. The fraction of sp³-hybridized carbons (Fsp3) is 0.267. The van der Waals surface area contributed by atoms with Crippen molar-refractivity contribution in [2.24, 2.45) is 16.5 Å². The number of nitrogens with zero attached hydrogens (tertiary/aromatic N) is 4. The highest BCUT2D eigenvalue weighted by molar-refractivity contribution is 5.87.